The van der Waals surface area contributed by atoms with Gasteiger partial charge in [0.2, 0.25) is 11.8 Å². The molecule has 1 fully saturated rings. The van der Waals surface area contributed by atoms with E-state index in [2.05, 4.69) is 5.32 Å². The van der Waals surface area contributed by atoms with Gasteiger partial charge >= 0.3 is 0 Å². The van der Waals surface area contributed by atoms with Gasteiger partial charge in [-0.2, -0.15) is 0 Å². The molecular formula is C17H24ClN3O4. The second-order valence-electron chi connectivity index (χ2n) is 6.81. The van der Waals surface area contributed by atoms with E-state index in [1.54, 1.807) is 17.0 Å². The van der Waals surface area contributed by atoms with Crippen LogP contribution in [-0.4, -0.2) is 43.7 Å². The molecule has 2 amide bonds. The van der Waals surface area contributed by atoms with Crippen LogP contribution in [0.25, 0.3) is 0 Å². The Morgan fingerprint density at radius 2 is 2.00 bits per heavy atom. The largest absolute Gasteiger partial charge is 0.486 e. The third-order valence-electron chi connectivity index (χ3n) is 4.31. The van der Waals surface area contributed by atoms with E-state index < -0.39 is 5.54 Å². The second-order valence-corrected chi connectivity index (χ2v) is 6.81. The van der Waals surface area contributed by atoms with Crippen LogP contribution in [0.15, 0.2) is 18.2 Å². The third kappa shape index (κ3) is 4.16. The predicted molar refractivity (Wildman–Crippen MR) is 96.4 cm³/mol. The number of hydrogen-bond donors (Lipinski definition) is 2. The van der Waals surface area contributed by atoms with Crippen molar-refractivity contribution in [1.82, 2.24) is 5.32 Å². The van der Waals surface area contributed by atoms with Gasteiger partial charge < -0.3 is 25.4 Å². The van der Waals surface area contributed by atoms with E-state index in [4.69, 9.17) is 15.2 Å². The van der Waals surface area contributed by atoms with Crippen molar-refractivity contribution in [3.63, 3.8) is 0 Å². The third-order valence-corrected chi connectivity index (χ3v) is 4.31. The van der Waals surface area contributed by atoms with E-state index in [0.29, 0.717) is 37.8 Å². The molecule has 0 spiro atoms. The van der Waals surface area contributed by atoms with E-state index in [-0.39, 0.29) is 36.6 Å². The maximum atomic E-state index is 12.4. The number of halogens is 1. The summed E-state index contributed by atoms with van der Waals surface area (Å²) in [5.41, 5.74) is 5.88. The van der Waals surface area contributed by atoms with Gasteiger partial charge in [0.1, 0.15) is 13.2 Å². The van der Waals surface area contributed by atoms with Gasteiger partial charge in [-0.1, -0.05) is 0 Å². The molecule has 3 N–H and O–H groups in total. The molecule has 0 saturated carbocycles. The van der Waals surface area contributed by atoms with E-state index in [1.165, 1.54) is 0 Å². The first kappa shape index (κ1) is 19.3. The zero-order valence-corrected chi connectivity index (χ0v) is 15.2. The normalized spacial score (nSPS) is 19.4. The molecule has 3 rings (SSSR count). The van der Waals surface area contributed by atoms with Crippen LogP contribution < -0.4 is 25.4 Å². The lowest BCUT2D eigenvalue weighted by Gasteiger charge is -2.26. The SMILES string of the molecule is CC(C)(CN)NC(=O)C1CC(=O)N(c2ccc3c(c2)OCCO3)C1.Cl. The van der Waals surface area contributed by atoms with Crippen molar-refractivity contribution in [2.24, 2.45) is 11.7 Å². The van der Waals surface area contributed by atoms with Gasteiger partial charge in [-0.05, 0) is 26.0 Å². The second kappa shape index (κ2) is 7.49. The number of nitrogens with one attached hydrogen (secondary N) is 1. The minimum atomic E-state index is -0.482. The molecule has 2 aliphatic heterocycles. The van der Waals surface area contributed by atoms with Gasteiger partial charge in [-0.15, -0.1) is 12.4 Å². The van der Waals surface area contributed by atoms with Crippen molar-refractivity contribution in [2.45, 2.75) is 25.8 Å². The molecule has 1 aromatic carbocycles. The molecule has 7 nitrogen and oxygen atoms in total. The summed E-state index contributed by atoms with van der Waals surface area (Å²) >= 11 is 0. The summed E-state index contributed by atoms with van der Waals surface area (Å²) in [5.74, 6) is 0.715. The number of benzene rings is 1. The summed E-state index contributed by atoms with van der Waals surface area (Å²) < 4.78 is 11.0. The van der Waals surface area contributed by atoms with Crippen molar-refractivity contribution >= 4 is 29.9 Å². The number of nitrogens with two attached hydrogens (primary N) is 1. The lowest BCUT2D eigenvalue weighted by Crippen LogP contribution is -2.51. The van der Waals surface area contributed by atoms with E-state index >= 15 is 0 Å². The van der Waals surface area contributed by atoms with Crippen molar-refractivity contribution < 1.29 is 19.1 Å². The molecule has 1 atom stereocenters. The molecule has 0 aromatic heterocycles. The van der Waals surface area contributed by atoms with Crippen LogP contribution in [0.1, 0.15) is 20.3 Å². The fraction of sp³-hybridized carbons (Fsp3) is 0.529. The Morgan fingerprint density at radius 3 is 2.68 bits per heavy atom. The Labute approximate surface area is 153 Å². The molecule has 1 aromatic rings. The zero-order chi connectivity index (χ0) is 17.3. The van der Waals surface area contributed by atoms with Gasteiger partial charge in [0.05, 0.1) is 5.92 Å². The summed E-state index contributed by atoms with van der Waals surface area (Å²) in [6, 6.07) is 5.40. The summed E-state index contributed by atoms with van der Waals surface area (Å²) in [5, 5.41) is 2.90. The first-order chi connectivity index (χ1) is 11.4. The highest BCUT2D eigenvalue weighted by molar-refractivity contribution is 6.00. The number of carbonyl (C=O) groups excluding carboxylic acids is 2. The van der Waals surface area contributed by atoms with Crippen LogP contribution in [0.5, 0.6) is 11.5 Å². The maximum Gasteiger partial charge on any atom is 0.227 e. The smallest absolute Gasteiger partial charge is 0.227 e. The summed E-state index contributed by atoms with van der Waals surface area (Å²) in [6.45, 7) is 5.43. The van der Waals surface area contributed by atoms with Gasteiger partial charge in [-0.3, -0.25) is 9.59 Å². The quantitative estimate of drug-likeness (QED) is 0.828. The number of hydrogen-bond acceptors (Lipinski definition) is 5. The summed E-state index contributed by atoms with van der Waals surface area (Å²) in [6.07, 6.45) is 0.195. The Hall–Kier alpha value is -1.99. The first-order valence-corrected chi connectivity index (χ1v) is 8.12. The van der Waals surface area contributed by atoms with Crippen molar-refractivity contribution in [3.05, 3.63) is 18.2 Å². The zero-order valence-electron chi connectivity index (χ0n) is 14.4. The van der Waals surface area contributed by atoms with Gasteiger partial charge in [-0.25, -0.2) is 0 Å². The first-order valence-electron chi connectivity index (χ1n) is 8.12. The molecular weight excluding hydrogens is 346 g/mol. The number of nitrogens with zero attached hydrogens (tertiary/aromatic N) is 1. The molecule has 2 heterocycles. The molecule has 1 unspecified atom stereocenters. The molecule has 25 heavy (non-hydrogen) atoms. The van der Waals surface area contributed by atoms with Gasteiger partial charge in [0.15, 0.2) is 11.5 Å². The molecule has 138 valence electrons. The molecule has 0 bridgehead atoms. The highest BCUT2D eigenvalue weighted by Gasteiger charge is 2.37. The van der Waals surface area contributed by atoms with Gasteiger partial charge in [0.25, 0.3) is 0 Å². The highest BCUT2D eigenvalue weighted by Crippen LogP contribution is 2.36. The lowest BCUT2D eigenvalue weighted by molar-refractivity contribution is -0.127. The standard InChI is InChI=1S/C17H23N3O4.ClH/c1-17(2,10-18)19-16(22)11-7-15(21)20(9-11)12-3-4-13-14(8-12)24-6-5-23-13;/h3-4,8,11H,5-7,9-10,18H2,1-2H3,(H,19,22);1H. The van der Waals surface area contributed by atoms with Crippen molar-refractivity contribution in [2.75, 3.05) is 31.2 Å². The number of carbonyl (C=O) groups is 2. The van der Waals surface area contributed by atoms with Crippen LogP contribution >= 0.6 is 12.4 Å². The van der Waals surface area contributed by atoms with E-state index in [0.717, 1.165) is 5.69 Å². The number of amides is 2. The topological polar surface area (TPSA) is 93.9 Å². The minimum Gasteiger partial charge on any atom is -0.486 e. The monoisotopic (exact) mass is 369 g/mol. The fourth-order valence-electron chi connectivity index (χ4n) is 2.82. The average Bonchev–Trinajstić information content (AvgIpc) is 2.96. The highest BCUT2D eigenvalue weighted by atomic mass is 35.5. The Morgan fingerprint density at radius 1 is 1.32 bits per heavy atom. The minimum absolute atomic E-state index is 0. The lowest BCUT2D eigenvalue weighted by atomic mass is 10.0. The summed E-state index contributed by atoms with van der Waals surface area (Å²) in [7, 11) is 0. The Balaban J connectivity index is 0.00000225. The molecule has 1 saturated heterocycles. The average molecular weight is 370 g/mol. The molecule has 8 heteroatoms. The van der Waals surface area contributed by atoms with Crippen molar-refractivity contribution in [1.29, 1.82) is 0 Å². The molecule has 0 aliphatic carbocycles. The number of fused-ring (bicyclic) bond motifs is 1. The predicted octanol–water partition coefficient (Wildman–Crippen LogP) is 1.09. The van der Waals surface area contributed by atoms with E-state index in [1.807, 2.05) is 19.9 Å². The fourth-order valence-corrected chi connectivity index (χ4v) is 2.82. The molecule has 0 radical (unpaired) electrons. The van der Waals surface area contributed by atoms with Crippen LogP contribution in [-0.2, 0) is 9.59 Å². The summed E-state index contributed by atoms with van der Waals surface area (Å²) in [4.78, 5) is 26.3. The van der Waals surface area contributed by atoms with Crippen LogP contribution in [0, 0.1) is 5.92 Å². The Bertz CT molecular complexity index is 665. The molecule has 2 aliphatic rings. The number of ether oxygens (including phenoxy) is 2. The Kier molecular flexibility index (Phi) is 5.80. The number of anilines is 1. The van der Waals surface area contributed by atoms with Crippen molar-refractivity contribution in [3.8, 4) is 11.5 Å². The van der Waals surface area contributed by atoms with E-state index in [9.17, 15) is 9.59 Å². The van der Waals surface area contributed by atoms with Crippen LogP contribution in [0.2, 0.25) is 0 Å². The van der Waals surface area contributed by atoms with Crippen LogP contribution in [0.4, 0.5) is 5.69 Å². The maximum absolute atomic E-state index is 12.4. The van der Waals surface area contributed by atoms with Gasteiger partial charge in [0, 0.05) is 36.8 Å². The number of rotatable bonds is 4. The van der Waals surface area contributed by atoms with Crippen LogP contribution in [0.3, 0.4) is 0 Å².